The standard InChI is InChI=1S/C11H13FN2O.C4H9N/c12-10-7-8(14-5-1-2-6-14)3-4-9(10)11(13)15;1-2-4-5-3-1/h3-4,7H,1-2,5-6H2,(H2,13,15);5H,1-4H2. The summed E-state index contributed by atoms with van der Waals surface area (Å²) in [5, 5.41) is 3.22. The van der Waals surface area contributed by atoms with E-state index in [9.17, 15) is 9.18 Å². The first-order chi connectivity index (χ1) is 9.68. The lowest BCUT2D eigenvalue weighted by molar-refractivity contribution is 0.0996. The molecule has 2 aliphatic heterocycles. The molecule has 1 aromatic rings. The van der Waals surface area contributed by atoms with Gasteiger partial charge in [0.05, 0.1) is 5.56 Å². The van der Waals surface area contributed by atoms with Crippen LogP contribution in [0, 0.1) is 5.82 Å². The first-order valence-corrected chi connectivity index (χ1v) is 7.23. The summed E-state index contributed by atoms with van der Waals surface area (Å²) in [6.45, 7) is 4.41. The molecular weight excluding hydrogens is 257 g/mol. The van der Waals surface area contributed by atoms with Gasteiger partial charge in [-0.15, -0.1) is 0 Å². The van der Waals surface area contributed by atoms with E-state index < -0.39 is 11.7 Å². The fourth-order valence-corrected chi connectivity index (χ4v) is 2.50. The van der Waals surface area contributed by atoms with Gasteiger partial charge in [-0.1, -0.05) is 0 Å². The maximum Gasteiger partial charge on any atom is 0.251 e. The Morgan fingerprint density at radius 2 is 1.80 bits per heavy atom. The smallest absolute Gasteiger partial charge is 0.251 e. The second-order valence-corrected chi connectivity index (χ2v) is 5.18. The number of halogens is 1. The van der Waals surface area contributed by atoms with Crippen LogP contribution in [0.5, 0.6) is 0 Å². The zero-order chi connectivity index (χ0) is 14.4. The number of amides is 1. The molecule has 0 aromatic heterocycles. The lowest BCUT2D eigenvalue weighted by Crippen LogP contribution is -2.19. The highest BCUT2D eigenvalue weighted by molar-refractivity contribution is 5.93. The fourth-order valence-electron chi connectivity index (χ4n) is 2.50. The quantitative estimate of drug-likeness (QED) is 0.869. The molecule has 110 valence electrons. The lowest BCUT2D eigenvalue weighted by Gasteiger charge is -2.17. The molecule has 0 saturated carbocycles. The maximum absolute atomic E-state index is 13.4. The van der Waals surface area contributed by atoms with Crippen molar-refractivity contribution in [2.75, 3.05) is 31.1 Å². The van der Waals surface area contributed by atoms with E-state index in [1.807, 2.05) is 0 Å². The summed E-state index contributed by atoms with van der Waals surface area (Å²) in [5.74, 6) is -1.26. The predicted octanol–water partition coefficient (Wildman–Crippen LogP) is 1.89. The molecule has 4 nitrogen and oxygen atoms in total. The molecule has 3 N–H and O–H groups in total. The summed E-state index contributed by atoms with van der Waals surface area (Å²) in [7, 11) is 0. The molecule has 2 fully saturated rings. The number of primary amides is 1. The Labute approximate surface area is 119 Å². The summed E-state index contributed by atoms with van der Waals surface area (Å²) >= 11 is 0. The van der Waals surface area contributed by atoms with Crippen LogP contribution < -0.4 is 16.0 Å². The van der Waals surface area contributed by atoms with Crippen molar-refractivity contribution in [3.05, 3.63) is 29.6 Å². The molecule has 0 spiro atoms. The van der Waals surface area contributed by atoms with E-state index in [-0.39, 0.29) is 5.56 Å². The topological polar surface area (TPSA) is 58.4 Å². The molecule has 2 aliphatic rings. The second kappa shape index (κ2) is 7.24. The van der Waals surface area contributed by atoms with Crippen molar-refractivity contribution in [2.24, 2.45) is 5.73 Å². The van der Waals surface area contributed by atoms with Crippen LogP contribution in [0.15, 0.2) is 18.2 Å². The minimum absolute atomic E-state index is 0.0436. The first kappa shape index (κ1) is 14.8. The van der Waals surface area contributed by atoms with Crippen LogP contribution in [-0.4, -0.2) is 32.1 Å². The molecule has 1 amide bonds. The van der Waals surface area contributed by atoms with Gasteiger partial charge in [-0.05, 0) is 57.0 Å². The van der Waals surface area contributed by atoms with Crippen molar-refractivity contribution in [3.63, 3.8) is 0 Å². The number of rotatable bonds is 2. The fraction of sp³-hybridized carbons (Fsp3) is 0.533. The van der Waals surface area contributed by atoms with Crippen LogP contribution in [0.2, 0.25) is 0 Å². The van der Waals surface area contributed by atoms with Gasteiger partial charge in [0, 0.05) is 18.8 Å². The van der Waals surface area contributed by atoms with Crippen LogP contribution in [-0.2, 0) is 0 Å². The zero-order valence-corrected chi connectivity index (χ0v) is 11.7. The molecule has 2 saturated heterocycles. The number of hydrogen-bond acceptors (Lipinski definition) is 3. The Morgan fingerprint density at radius 3 is 2.25 bits per heavy atom. The van der Waals surface area contributed by atoms with Gasteiger partial charge in [0.25, 0.3) is 5.91 Å². The lowest BCUT2D eigenvalue weighted by atomic mass is 10.1. The number of nitrogens with two attached hydrogens (primary N) is 1. The highest BCUT2D eigenvalue weighted by atomic mass is 19.1. The summed E-state index contributed by atoms with van der Waals surface area (Å²) in [6, 6.07) is 4.57. The minimum atomic E-state index is -0.722. The van der Waals surface area contributed by atoms with Crippen molar-refractivity contribution in [1.82, 2.24) is 5.32 Å². The van der Waals surface area contributed by atoms with Crippen LogP contribution in [0.25, 0.3) is 0 Å². The molecule has 5 heteroatoms. The average molecular weight is 279 g/mol. The summed E-state index contributed by atoms with van der Waals surface area (Å²) in [6.07, 6.45) is 5.05. The van der Waals surface area contributed by atoms with Crippen LogP contribution in [0.4, 0.5) is 10.1 Å². The van der Waals surface area contributed by atoms with Gasteiger partial charge >= 0.3 is 0 Å². The van der Waals surface area contributed by atoms with E-state index in [4.69, 9.17) is 5.73 Å². The van der Waals surface area contributed by atoms with Gasteiger partial charge in [-0.3, -0.25) is 4.79 Å². The van der Waals surface area contributed by atoms with E-state index in [1.54, 1.807) is 6.07 Å². The van der Waals surface area contributed by atoms with Gasteiger partial charge in [-0.25, -0.2) is 4.39 Å². The molecule has 0 unspecified atom stereocenters. The summed E-state index contributed by atoms with van der Waals surface area (Å²) in [4.78, 5) is 12.9. The van der Waals surface area contributed by atoms with Gasteiger partial charge < -0.3 is 16.0 Å². The second-order valence-electron chi connectivity index (χ2n) is 5.18. The number of nitrogens with one attached hydrogen (secondary N) is 1. The molecule has 1 aromatic carbocycles. The van der Waals surface area contributed by atoms with Gasteiger partial charge in [0.1, 0.15) is 5.82 Å². The van der Waals surface area contributed by atoms with Crippen LogP contribution in [0.1, 0.15) is 36.0 Å². The molecule has 2 heterocycles. The number of hydrogen-bond donors (Lipinski definition) is 2. The Bertz CT molecular complexity index is 447. The first-order valence-electron chi connectivity index (χ1n) is 7.23. The van der Waals surface area contributed by atoms with Crippen molar-refractivity contribution < 1.29 is 9.18 Å². The van der Waals surface area contributed by atoms with E-state index in [1.165, 1.54) is 38.1 Å². The molecule has 0 bridgehead atoms. The number of carbonyl (C=O) groups is 1. The third-order valence-electron chi connectivity index (χ3n) is 3.65. The van der Waals surface area contributed by atoms with Gasteiger partial charge in [-0.2, -0.15) is 0 Å². The van der Waals surface area contributed by atoms with Gasteiger partial charge in [0.2, 0.25) is 0 Å². The Kier molecular flexibility index (Phi) is 5.35. The number of benzene rings is 1. The van der Waals surface area contributed by atoms with Crippen LogP contribution in [0.3, 0.4) is 0 Å². The minimum Gasteiger partial charge on any atom is -0.371 e. The van der Waals surface area contributed by atoms with Gasteiger partial charge in [0.15, 0.2) is 0 Å². The summed E-state index contributed by atoms with van der Waals surface area (Å²) in [5.41, 5.74) is 5.81. The largest absolute Gasteiger partial charge is 0.371 e. The normalized spacial score (nSPS) is 17.8. The number of anilines is 1. The highest BCUT2D eigenvalue weighted by Crippen LogP contribution is 2.22. The Morgan fingerprint density at radius 1 is 1.15 bits per heavy atom. The Balaban J connectivity index is 0.000000247. The molecular formula is C15H22FN3O. The van der Waals surface area contributed by atoms with Crippen LogP contribution >= 0.6 is 0 Å². The SMILES string of the molecule is C1CCNC1.NC(=O)c1ccc(N2CCCC2)cc1F. The van der Waals surface area contributed by atoms with Crippen molar-refractivity contribution in [2.45, 2.75) is 25.7 Å². The van der Waals surface area contributed by atoms with Crippen molar-refractivity contribution >= 4 is 11.6 Å². The van der Waals surface area contributed by atoms with E-state index in [0.717, 1.165) is 31.6 Å². The van der Waals surface area contributed by atoms with E-state index in [0.29, 0.717) is 0 Å². The van der Waals surface area contributed by atoms with Crippen molar-refractivity contribution in [1.29, 1.82) is 0 Å². The summed E-state index contributed by atoms with van der Waals surface area (Å²) < 4.78 is 13.4. The number of nitrogens with zero attached hydrogens (tertiary/aromatic N) is 1. The Hall–Kier alpha value is -1.62. The third-order valence-corrected chi connectivity index (χ3v) is 3.65. The maximum atomic E-state index is 13.4. The average Bonchev–Trinajstić information content (AvgIpc) is 3.14. The van der Waals surface area contributed by atoms with E-state index in [2.05, 4.69) is 10.2 Å². The molecule has 20 heavy (non-hydrogen) atoms. The van der Waals surface area contributed by atoms with Crippen molar-refractivity contribution in [3.8, 4) is 0 Å². The third kappa shape index (κ3) is 3.93. The molecule has 0 radical (unpaired) electrons. The van der Waals surface area contributed by atoms with E-state index >= 15 is 0 Å². The molecule has 0 atom stereocenters. The molecule has 3 rings (SSSR count). The number of carbonyl (C=O) groups excluding carboxylic acids is 1. The predicted molar refractivity (Wildman–Crippen MR) is 78.5 cm³/mol. The molecule has 0 aliphatic carbocycles. The highest BCUT2D eigenvalue weighted by Gasteiger charge is 2.15. The monoisotopic (exact) mass is 279 g/mol. The zero-order valence-electron chi connectivity index (χ0n) is 11.7.